The van der Waals surface area contributed by atoms with Gasteiger partial charge >= 0.3 is 0 Å². The van der Waals surface area contributed by atoms with Crippen molar-refractivity contribution in [2.75, 3.05) is 16.7 Å². The summed E-state index contributed by atoms with van der Waals surface area (Å²) in [6.07, 6.45) is 1.14. The smallest absolute Gasteiger partial charge is 0.229 e. The zero-order chi connectivity index (χ0) is 10.6. The summed E-state index contributed by atoms with van der Waals surface area (Å²) in [5, 5.41) is 0. The fourth-order valence-electron chi connectivity index (χ4n) is 1.000. The lowest BCUT2D eigenvalue weighted by molar-refractivity contribution is 0.607. The Hall–Kier alpha value is -0.680. The summed E-state index contributed by atoms with van der Waals surface area (Å²) in [6.45, 7) is 2.08. The van der Waals surface area contributed by atoms with Crippen molar-refractivity contribution < 1.29 is 8.42 Å². The quantitative estimate of drug-likeness (QED) is 0.808. The van der Waals surface area contributed by atoms with Gasteiger partial charge in [0.15, 0.2) is 0 Å². The number of thioether (sulfide) groups is 1. The van der Waals surface area contributed by atoms with Gasteiger partial charge in [-0.05, 0) is 30.0 Å². The second-order valence-electron chi connectivity index (χ2n) is 2.83. The molecule has 1 rings (SSSR count). The average Bonchev–Trinajstić information content (AvgIpc) is 2.06. The van der Waals surface area contributed by atoms with Crippen molar-refractivity contribution in [3.05, 3.63) is 24.3 Å². The van der Waals surface area contributed by atoms with E-state index in [1.807, 2.05) is 12.1 Å². The third-order valence-electron chi connectivity index (χ3n) is 1.47. The number of benzene rings is 1. The zero-order valence-corrected chi connectivity index (χ0v) is 9.78. The number of hydrogen-bond donors (Lipinski definition) is 1. The fourth-order valence-corrected chi connectivity index (χ4v) is 2.23. The summed E-state index contributed by atoms with van der Waals surface area (Å²) < 4.78 is 24.2. The van der Waals surface area contributed by atoms with Crippen molar-refractivity contribution in [3.63, 3.8) is 0 Å². The fraction of sp³-hybridized carbons (Fsp3) is 0.333. The van der Waals surface area contributed by atoms with Crippen molar-refractivity contribution in [3.8, 4) is 0 Å². The van der Waals surface area contributed by atoms with Crippen molar-refractivity contribution >= 4 is 27.5 Å². The highest BCUT2D eigenvalue weighted by molar-refractivity contribution is 7.99. The van der Waals surface area contributed by atoms with Crippen molar-refractivity contribution in [1.29, 1.82) is 0 Å². The monoisotopic (exact) mass is 231 g/mol. The van der Waals surface area contributed by atoms with E-state index in [-0.39, 0.29) is 0 Å². The second kappa shape index (κ2) is 4.70. The molecule has 0 amide bonds. The van der Waals surface area contributed by atoms with Crippen LogP contribution in [-0.4, -0.2) is 20.4 Å². The first-order chi connectivity index (χ1) is 6.51. The van der Waals surface area contributed by atoms with Crippen LogP contribution in [-0.2, 0) is 10.0 Å². The van der Waals surface area contributed by atoms with Crippen LogP contribution in [0.15, 0.2) is 29.2 Å². The molecule has 0 heterocycles. The molecule has 0 aromatic heterocycles. The van der Waals surface area contributed by atoms with Gasteiger partial charge in [-0.15, -0.1) is 11.8 Å². The molecule has 0 bridgehead atoms. The number of hydrogen-bond acceptors (Lipinski definition) is 3. The summed E-state index contributed by atoms with van der Waals surface area (Å²) >= 11 is 1.72. The average molecular weight is 231 g/mol. The molecule has 0 spiro atoms. The van der Waals surface area contributed by atoms with Crippen molar-refractivity contribution in [2.45, 2.75) is 11.8 Å². The minimum atomic E-state index is -3.16. The molecule has 0 aliphatic rings. The van der Waals surface area contributed by atoms with Crippen LogP contribution in [0.1, 0.15) is 6.92 Å². The van der Waals surface area contributed by atoms with Crippen LogP contribution in [0, 0.1) is 0 Å². The highest BCUT2D eigenvalue weighted by atomic mass is 32.2. The van der Waals surface area contributed by atoms with Gasteiger partial charge in [-0.3, -0.25) is 4.72 Å². The SMILES string of the molecule is CCSc1ccc(NS(C)(=O)=O)cc1. The maximum absolute atomic E-state index is 10.9. The Balaban J connectivity index is 2.74. The van der Waals surface area contributed by atoms with Gasteiger partial charge in [0.05, 0.1) is 6.26 Å². The normalized spacial score (nSPS) is 11.3. The highest BCUT2D eigenvalue weighted by Crippen LogP contribution is 2.19. The molecule has 1 aromatic rings. The van der Waals surface area contributed by atoms with Crippen LogP contribution >= 0.6 is 11.8 Å². The molecule has 0 saturated heterocycles. The van der Waals surface area contributed by atoms with E-state index < -0.39 is 10.0 Å². The molecule has 0 atom stereocenters. The molecule has 5 heteroatoms. The van der Waals surface area contributed by atoms with Gasteiger partial charge in [-0.2, -0.15) is 0 Å². The van der Waals surface area contributed by atoms with E-state index in [2.05, 4.69) is 11.6 Å². The Morgan fingerprint density at radius 2 is 1.86 bits per heavy atom. The zero-order valence-electron chi connectivity index (χ0n) is 8.15. The number of rotatable bonds is 4. The topological polar surface area (TPSA) is 46.2 Å². The highest BCUT2D eigenvalue weighted by Gasteiger charge is 2.00. The Kier molecular flexibility index (Phi) is 3.83. The first-order valence-electron chi connectivity index (χ1n) is 4.22. The molecule has 0 aliphatic carbocycles. The van der Waals surface area contributed by atoms with E-state index in [1.54, 1.807) is 23.9 Å². The molecule has 78 valence electrons. The predicted molar refractivity (Wildman–Crippen MR) is 61.3 cm³/mol. The molecule has 0 unspecified atom stereocenters. The molecule has 0 fully saturated rings. The van der Waals surface area contributed by atoms with E-state index in [4.69, 9.17) is 0 Å². The largest absolute Gasteiger partial charge is 0.284 e. The number of sulfonamides is 1. The Morgan fingerprint density at radius 1 is 1.29 bits per heavy atom. The van der Waals surface area contributed by atoms with Crippen molar-refractivity contribution in [1.82, 2.24) is 0 Å². The summed E-state index contributed by atoms with van der Waals surface area (Å²) in [5.41, 5.74) is 0.605. The van der Waals surface area contributed by atoms with Crippen LogP contribution in [0.25, 0.3) is 0 Å². The van der Waals surface area contributed by atoms with Crippen LogP contribution in [0.2, 0.25) is 0 Å². The molecule has 0 saturated carbocycles. The minimum absolute atomic E-state index is 0.605. The van der Waals surface area contributed by atoms with Gasteiger partial charge < -0.3 is 0 Å². The third-order valence-corrected chi connectivity index (χ3v) is 2.97. The Labute approximate surface area is 89.0 Å². The van der Waals surface area contributed by atoms with Gasteiger partial charge in [-0.25, -0.2) is 8.42 Å². The third kappa shape index (κ3) is 4.02. The van der Waals surface area contributed by atoms with Gasteiger partial charge in [0.2, 0.25) is 10.0 Å². The first-order valence-corrected chi connectivity index (χ1v) is 7.09. The van der Waals surface area contributed by atoms with Crippen LogP contribution < -0.4 is 4.72 Å². The van der Waals surface area contributed by atoms with E-state index >= 15 is 0 Å². The number of anilines is 1. The van der Waals surface area contributed by atoms with Gasteiger partial charge in [-0.1, -0.05) is 6.92 Å². The van der Waals surface area contributed by atoms with E-state index in [9.17, 15) is 8.42 Å². The van der Waals surface area contributed by atoms with E-state index in [0.717, 1.165) is 16.9 Å². The predicted octanol–water partition coefficient (Wildman–Crippen LogP) is 2.17. The van der Waals surface area contributed by atoms with Crippen LogP contribution in [0.3, 0.4) is 0 Å². The van der Waals surface area contributed by atoms with Crippen molar-refractivity contribution in [2.24, 2.45) is 0 Å². The molecule has 1 N–H and O–H groups in total. The van der Waals surface area contributed by atoms with E-state index in [1.165, 1.54) is 0 Å². The van der Waals surface area contributed by atoms with Crippen LogP contribution in [0.5, 0.6) is 0 Å². The first kappa shape index (κ1) is 11.4. The van der Waals surface area contributed by atoms with Crippen LogP contribution in [0.4, 0.5) is 5.69 Å². The number of nitrogens with one attached hydrogen (secondary N) is 1. The molecule has 3 nitrogen and oxygen atoms in total. The Bertz CT molecular complexity index is 384. The van der Waals surface area contributed by atoms with Gasteiger partial charge in [0, 0.05) is 10.6 Å². The summed E-state index contributed by atoms with van der Waals surface area (Å²) in [6, 6.07) is 7.33. The lowest BCUT2D eigenvalue weighted by Gasteiger charge is -2.04. The van der Waals surface area contributed by atoms with E-state index in [0.29, 0.717) is 5.69 Å². The van der Waals surface area contributed by atoms with Gasteiger partial charge in [0.25, 0.3) is 0 Å². The maximum Gasteiger partial charge on any atom is 0.229 e. The molecule has 1 aromatic carbocycles. The second-order valence-corrected chi connectivity index (χ2v) is 5.92. The van der Waals surface area contributed by atoms with Gasteiger partial charge in [0.1, 0.15) is 0 Å². The standard InChI is InChI=1S/C9H13NO2S2/c1-3-13-9-6-4-8(5-7-9)10-14(2,11)12/h4-7,10H,3H2,1-2H3. The molecule has 0 radical (unpaired) electrons. The lowest BCUT2D eigenvalue weighted by atomic mass is 10.3. The summed E-state index contributed by atoms with van der Waals surface area (Å²) in [5.74, 6) is 1.01. The molecule has 0 aliphatic heterocycles. The minimum Gasteiger partial charge on any atom is -0.284 e. The lowest BCUT2D eigenvalue weighted by Crippen LogP contribution is -2.09. The maximum atomic E-state index is 10.9. The Morgan fingerprint density at radius 3 is 2.29 bits per heavy atom. The summed E-state index contributed by atoms with van der Waals surface area (Å²) in [4.78, 5) is 1.14. The summed E-state index contributed by atoms with van der Waals surface area (Å²) in [7, 11) is -3.16. The molecular formula is C9H13NO2S2. The molecule has 14 heavy (non-hydrogen) atoms. The molecular weight excluding hydrogens is 218 g/mol.